The molecular formula is C17H19ClN4O4. The van der Waals surface area contributed by atoms with Gasteiger partial charge in [0.1, 0.15) is 29.9 Å². The Labute approximate surface area is 155 Å². The van der Waals surface area contributed by atoms with E-state index in [2.05, 4.69) is 20.6 Å². The summed E-state index contributed by atoms with van der Waals surface area (Å²) in [6.45, 7) is 1.84. The molecule has 0 aliphatic carbocycles. The number of aliphatic carboxylic acids is 1. The van der Waals surface area contributed by atoms with Crippen LogP contribution in [0.25, 0.3) is 0 Å². The molecule has 1 amide bonds. The van der Waals surface area contributed by atoms with Gasteiger partial charge in [-0.3, -0.25) is 0 Å². The molecule has 0 saturated carbocycles. The first-order valence-electron chi connectivity index (χ1n) is 7.94. The number of carboxylic acid groups (broad SMARTS) is 1. The fourth-order valence-electron chi connectivity index (χ4n) is 2.16. The predicted octanol–water partition coefficient (Wildman–Crippen LogP) is 2.48. The molecule has 0 fully saturated rings. The van der Waals surface area contributed by atoms with E-state index in [0.717, 1.165) is 5.56 Å². The van der Waals surface area contributed by atoms with Crippen molar-refractivity contribution in [3.05, 3.63) is 52.9 Å². The van der Waals surface area contributed by atoms with Crippen LogP contribution in [0.5, 0.6) is 0 Å². The molecule has 0 saturated heterocycles. The molecule has 1 aromatic heterocycles. The van der Waals surface area contributed by atoms with Crippen LogP contribution in [0.4, 0.5) is 10.6 Å². The van der Waals surface area contributed by atoms with E-state index in [0.29, 0.717) is 23.0 Å². The summed E-state index contributed by atoms with van der Waals surface area (Å²) in [6, 6.07) is 7.89. The van der Waals surface area contributed by atoms with E-state index in [1.165, 1.54) is 6.33 Å². The highest BCUT2D eigenvalue weighted by atomic mass is 35.5. The summed E-state index contributed by atoms with van der Waals surface area (Å²) in [5.74, 6) is -0.773. The molecule has 2 aromatic rings. The van der Waals surface area contributed by atoms with Crippen molar-refractivity contribution in [2.75, 3.05) is 11.9 Å². The van der Waals surface area contributed by atoms with Crippen LogP contribution in [-0.4, -0.2) is 39.7 Å². The van der Waals surface area contributed by atoms with Crippen LogP contribution >= 0.6 is 11.6 Å². The summed E-state index contributed by atoms with van der Waals surface area (Å²) in [6.07, 6.45) is 1.03. The van der Waals surface area contributed by atoms with Crippen LogP contribution in [0, 0.1) is 0 Å². The summed E-state index contributed by atoms with van der Waals surface area (Å²) in [4.78, 5) is 31.2. The first kappa shape index (κ1) is 19.5. The molecule has 0 unspecified atom stereocenters. The number of halogens is 1. The second kappa shape index (κ2) is 9.57. The third kappa shape index (κ3) is 5.59. The second-order valence-corrected chi connectivity index (χ2v) is 5.68. The van der Waals surface area contributed by atoms with Crippen LogP contribution in [0.1, 0.15) is 18.1 Å². The number of benzene rings is 1. The maximum Gasteiger partial charge on any atom is 0.408 e. The number of anilines is 1. The van der Waals surface area contributed by atoms with Gasteiger partial charge < -0.3 is 20.5 Å². The minimum Gasteiger partial charge on any atom is -0.480 e. The van der Waals surface area contributed by atoms with Crippen LogP contribution < -0.4 is 10.6 Å². The summed E-state index contributed by atoms with van der Waals surface area (Å²) in [7, 11) is 0. The van der Waals surface area contributed by atoms with Crippen molar-refractivity contribution < 1.29 is 19.4 Å². The highest BCUT2D eigenvalue weighted by Crippen LogP contribution is 2.19. The Morgan fingerprint density at radius 3 is 2.65 bits per heavy atom. The van der Waals surface area contributed by atoms with Gasteiger partial charge in [-0.25, -0.2) is 19.6 Å². The van der Waals surface area contributed by atoms with Gasteiger partial charge in [0.2, 0.25) is 0 Å². The van der Waals surface area contributed by atoms with Crippen LogP contribution in [0.3, 0.4) is 0 Å². The van der Waals surface area contributed by atoms with Crippen molar-refractivity contribution in [3.8, 4) is 0 Å². The van der Waals surface area contributed by atoms with Gasteiger partial charge >= 0.3 is 12.1 Å². The normalized spacial score (nSPS) is 11.5. The van der Waals surface area contributed by atoms with Gasteiger partial charge in [0.15, 0.2) is 0 Å². The summed E-state index contributed by atoms with van der Waals surface area (Å²) < 4.78 is 5.04. The molecule has 1 heterocycles. The lowest BCUT2D eigenvalue weighted by Crippen LogP contribution is -2.45. The molecular weight excluding hydrogens is 360 g/mol. The lowest BCUT2D eigenvalue weighted by atomic mass is 10.2. The van der Waals surface area contributed by atoms with E-state index in [1.54, 1.807) is 12.1 Å². The van der Waals surface area contributed by atoms with Crippen molar-refractivity contribution in [1.82, 2.24) is 15.3 Å². The van der Waals surface area contributed by atoms with Crippen LogP contribution in [-0.2, 0) is 22.6 Å². The fraction of sp³-hybridized carbons (Fsp3) is 0.294. The minimum absolute atomic E-state index is 0.0495. The summed E-state index contributed by atoms with van der Waals surface area (Å²) in [5, 5.41) is 14.8. The van der Waals surface area contributed by atoms with Crippen molar-refractivity contribution in [2.24, 2.45) is 0 Å². The molecule has 26 heavy (non-hydrogen) atoms. The molecule has 2 rings (SSSR count). The number of amides is 1. The molecule has 0 aliphatic heterocycles. The lowest BCUT2D eigenvalue weighted by molar-refractivity contribution is -0.139. The topological polar surface area (TPSA) is 113 Å². The Balaban J connectivity index is 1.91. The number of alkyl carbamates (subject to hydrolysis) is 1. The maximum atomic E-state index is 11.8. The zero-order chi connectivity index (χ0) is 18.9. The zero-order valence-corrected chi connectivity index (χ0v) is 14.9. The van der Waals surface area contributed by atoms with Gasteiger partial charge in [0.05, 0.1) is 0 Å². The Morgan fingerprint density at radius 1 is 1.27 bits per heavy atom. The molecule has 0 radical (unpaired) electrons. The van der Waals surface area contributed by atoms with Crippen molar-refractivity contribution >= 4 is 29.5 Å². The molecule has 138 valence electrons. The number of carboxylic acids is 1. The average molecular weight is 379 g/mol. The number of rotatable bonds is 8. The quantitative estimate of drug-likeness (QED) is 0.604. The number of hydrogen-bond donors (Lipinski definition) is 3. The monoisotopic (exact) mass is 378 g/mol. The van der Waals surface area contributed by atoms with Crippen molar-refractivity contribution in [1.29, 1.82) is 0 Å². The summed E-state index contributed by atoms with van der Waals surface area (Å²) in [5.41, 5.74) is 1.47. The van der Waals surface area contributed by atoms with Gasteiger partial charge in [-0.2, -0.15) is 0 Å². The molecule has 0 bridgehead atoms. The Hall–Kier alpha value is -2.87. The Morgan fingerprint density at radius 2 is 2.00 bits per heavy atom. The first-order valence-corrected chi connectivity index (χ1v) is 8.32. The third-order valence-corrected chi connectivity index (χ3v) is 3.85. The van der Waals surface area contributed by atoms with Gasteiger partial charge in [-0.05, 0) is 12.0 Å². The number of carbonyl (C=O) groups is 2. The van der Waals surface area contributed by atoms with E-state index in [9.17, 15) is 14.7 Å². The molecule has 0 spiro atoms. The van der Waals surface area contributed by atoms with E-state index in [4.69, 9.17) is 16.3 Å². The fourth-order valence-corrected chi connectivity index (χ4v) is 2.43. The van der Waals surface area contributed by atoms with Gasteiger partial charge in [0.25, 0.3) is 0 Å². The maximum absolute atomic E-state index is 11.8. The highest BCUT2D eigenvalue weighted by Gasteiger charge is 2.21. The van der Waals surface area contributed by atoms with E-state index in [1.807, 2.05) is 25.1 Å². The molecule has 9 heteroatoms. The average Bonchev–Trinajstić information content (AvgIpc) is 2.64. The van der Waals surface area contributed by atoms with Gasteiger partial charge in [-0.1, -0.05) is 48.9 Å². The molecule has 1 aromatic carbocycles. The van der Waals surface area contributed by atoms with E-state index < -0.39 is 18.1 Å². The Bertz CT molecular complexity index is 758. The number of hydrogen-bond acceptors (Lipinski definition) is 6. The van der Waals surface area contributed by atoms with Crippen molar-refractivity contribution in [3.63, 3.8) is 0 Å². The van der Waals surface area contributed by atoms with Crippen LogP contribution in [0.15, 0.2) is 36.7 Å². The molecule has 3 N–H and O–H groups in total. The number of carbonyl (C=O) groups excluding carboxylic acids is 1. The Kier molecular flexibility index (Phi) is 7.16. The largest absolute Gasteiger partial charge is 0.480 e. The van der Waals surface area contributed by atoms with E-state index >= 15 is 0 Å². The number of nitrogens with one attached hydrogen (secondary N) is 2. The SMILES string of the molecule is CCc1c(Cl)ncnc1NC[C@H](NC(=O)OCc1ccccc1)C(=O)O. The highest BCUT2D eigenvalue weighted by molar-refractivity contribution is 6.30. The lowest BCUT2D eigenvalue weighted by Gasteiger charge is -2.17. The predicted molar refractivity (Wildman–Crippen MR) is 96.1 cm³/mol. The molecule has 8 nitrogen and oxygen atoms in total. The number of aromatic nitrogens is 2. The zero-order valence-electron chi connectivity index (χ0n) is 14.1. The number of nitrogens with zero attached hydrogens (tertiary/aromatic N) is 2. The second-order valence-electron chi connectivity index (χ2n) is 5.32. The standard InChI is InChI=1S/C17H19ClN4O4/c1-2-12-14(18)20-10-21-15(12)19-8-13(16(23)24)22-17(25)26-9-11-6-4-3-5-7-11/h3-7,10,13H,2,8-9H2,1H3,(H,22,25)(H,23,24)(H,19,20,21)/t13-/m0/s1. The summed E-state index contributed by atoms with van der Waals surface area (Å²) >= 11 is 5.99. The van der Waals surface area contributed by atoms with Crippen molar-refractivity contribution in [2.45, 2.75) is 26.0 Å². The number of ether oxygens (including phenoxy) is 1. The van der Waals surface area contributed by atoms with Gasteiger partial charge in [0, 0.05) is 12.1 Å². The third-order valence-electron chi connectivity index (χ3n) is 3.52. The molecule has 0 aliphatic rings. The van der Waals surface area contributed by atoms with E-state index in [-0.39, 0.29) is 13.2 Å². The molecule has 1 atom stereocenters. The van der Waals surface area contributed by atoms with Crippen LogP contribution in [0.2, 0.25) is 5.15 Å². The smallest absolute Gasteiger partial charge is 0.408 e. The first-order chi connectivity index (χ1) is 12.5. The minimum atomic E-state index is -1.20. The van der Waals surface area contributed by atoms with Gasteiger partial charge in [-0.15, -0.1) is 0 Å².